The van der Waals surface area contributed by atoms with Crippen LogP contribution in [0.15, 0.2) is 59.4 Å². The molecule has 2 N–H and O–H groups in total. The van der Waals surface area contributed by atoms with Crippen LogP contribution in [0.1, 0.15) is 5.56 Å². The zero-order valence-corrected chi connectivity index (χ0v) is 11.4. The summed E-state index contributed by atoms with van der Waals surface area (Å²) in [7, 11) is 0. The minimum absolute atomic E-state index is 0.0904. The predicted octanol–water partition coefficient (Wildman–Crippen LogP) is 1.57. The molecule has 22 heavy (non-hydrogen) atoms. The fraction of sp³-hybridized carbons (Fsp3) is 0.125. The Morgan fingerprint density at radius 3 is 2.41 bits per heavy atom. The van der Waals surface area contributed by atoms with E-state index in [-0.39, 0.29) is 12.4 Å². The van der Waals surface area contributed by atoms with Crippen LogP contribution in [0.2, 0.25) is 0 Å². The number of hydrogen-bond donors (Lipinski definition) is 2. The first-order valence-electron chi connectivity index (χ1n) is 6.34. The van der Waals surface area contributed by atoms with Gasteiger partial charge >= 0.3 is 11.9 Å². The molecule has 0 radical (unpaired) electrons. The van der Waals surface area contributed by atoms with Crippen LogP contribution in [-0.4, -0.2) is 28.1 Å². The predicted molar refractivity (Wildman–Crippen MR) is 75.4 cm³/mol. The standard InChI is InChI=1S/C16H12O6/c17-8-14-12(15(18)19)6-11(7-13(14)16(20)21)22-9-10-4-2-1-3-5-10/h1-7,12H,9H2,(H,18,19)(H,20,21). The van der Waals surface area contributed by atoms with Crippen molar-refractivity contribution in [2.75, 3.05) is 0 Å². The molecule has 0 spiro atoms. The summed E-state index contributed by atoms with van der Waals surface area (Å²) >= 11 is 0. The van der Waals surface area contributed by atoms with Crippen LogP contribution >= 0.6 is 0 Å². The smallest absolute Gasteiger partial charge is 0.336 e. The Bertz CT molecular complexity index is 707. The summed E-state index contributed by atoms with van der Waals surface area (Å²) in [5.74, 6) is -2.65. The molecule has 0 saturated carbocycles. The van der Waals surface area contributed by atoms with Crippen molar-refractivity contribution < 1.29 is 29.3 Å². The Morgan fingerprint density at radius 1 is 1.18 bits per heavy atom. The van der Waals surface area contributed by atoms with Crippen LogP contribution in [0.3, 0.4) is 0 Å². The highest BCUT2D eigenvalue weighted by atomic mass is 16.5. The summed E-state index contributed by atoms with van der Waals surface area (Å²) in [6.45, 7) is 0.155. The van der Waals surface area contributed by atoms with Crippen molar-refractivity contribution in [3.63, 3.8) is 0 Å². The average Bonchev–Trinajstić information content (AvgIpc) is 2.52. The van der Waals surface area contributed by atoms with Gasteiger partial charge in [0.15, 0.2) is 0 Å². The van der Waals surface area contributed by atoms with Gasteiger partial charge in [-0.2, -0.15) is 0 Å². The number of hydrogen-bond acceptors (Lipinski definition) is 4. The van der Waals surface area contributed by atoms with E-state index in [4.69, 9.17) is 14.9 Å². The lowest BCUT2D eigenvalue weighted by molar-refractivity contribution is -0.138. The fourth-order valence-corrected chi connectivity index (χ4v) is 2.00. The molecule has 6 nitrogen and oxygen atoms in total. The quantitative estimate of drug-likeness (QED) is 0.800. The molecule has 2 rings (SSSR count). The van der Waals surface area contributed by atoms with Gasteiger partial charge in [0.1, 0.15) is 24.2 Å². The highest BCUT2D eigenvalue weighted by molar-refractivity contribution is 5.99. The molecule has 1 aromatic rings. The van der Waals surface area contributed by atoms with Gasteiger partial charge in [0.05, 0.1) is 11.1 Å². The largest absolute Gasteiger partial charge is 0.489 e. The maximum Gasteiger partial charge on any atom is 0.336 e. The summed E-state index contributed by atoms with van der Waals surface area (Å²) in [4.78, 5) is 33.2. The highest BCUT2D eigenvalue weighted by Crippen LogP contribution is 2.28. The number of carboxylic acids is 2. The number of benzene rings is 1. The zero-order chi connectivity index (χ0) is 16.1. The number of carboxylic acid groups (broad SMARTS) is 2. The van der Waals surface area contributed by atoms with Gasteiger partial charge in [-0.3, -0.25) is 4.79 Å². The van der Waals surface area contributed by atoms with Crippen molar-refractivity contribution in [1.82, 2.24) is 0 Å². The third kappa shape index (κ3) is 3.31. The van der Waals surface area contributed by atoms with Gasteiger partial charge in [-0.1, -0.05) is 30.3 Å². The van der Waals surface area contributed by atoms with Gasteiger partial charge in [-0.05, 0) is 17.7 Å². The van der Waals surface area contributed by atoms with Crippen molar-refractivity contribution in [2.45, 2.75) is 6.61 Å². The number of ether oxygens (including phenoxy) is 1. The normalized spacial score (nSPS) is 17.1. The van der Waals surface area contributed by atoms with Gasteiger partial charge in [0.25, 0.3) is 0 Å². The average molecular weight is 300 g/mol. The van der Waals surface area contributed by atoms with Gasteiger partial charge in [0.2, 0.25) is 0 Å². The molecule has 0 amide bonds. The highest BCUT2D eigenvalue weighted by Gasteiger charge is 2.32. The molecule has 1 atom stereocenters. The molecule has 0 bridgehead atoms. The topological polar surface area (TPSA) is 101 Å². The number of allylic oxidation sites excluding steroid dienone is 1. The van der Waals surface area contributed by atoms with Gasteiger partial charge in [-0.15, -0.1) is 0 Å². The summed E-state index contributed by atoms with van der Waals surface area (Å²) in [6, 6.07) is 9.11. The minimum atomic E-state index is -1.40. The van der Waals surface area contributed by atoms with E-state index in [1.54, 1.807) is 0 Å². The first kappa shape index (κ1) is 15.3. The van der Waals surface area contributed by atoms with Crippen molar-refractivity contribution in [3.8, 4) is 0 Å². The molecule has 1 unspecified atom stereocenters. The van der Waals surface area contributed by atoms with E-state index in [2.05, 4.69) is 0 Å². The monoisotopic (exact) mass is 300 g/mol. The maximum atomic E-state index is 11.2. The van der Waals surface area contributed by atoms with Crippen LogP contribution in [0.5, 0.6) is 0 Å². The number of carbonyl (C=O) groups excluding carboxylic acids is 1. The second-order valence-corrected chi connectivity index (χ2v) is 4.54. The first-order valence-corrected chi connectivity index (χ1v) is 6.34. The zero-order valence-electron chi connectivity index (χ0n) is 11.4. The third-order valence-electron chi connectivity index (χ3n) is 3.07. The Morgan fingerprint density at radius 2 is 1.86 bits per heavy atom. The Labute approximate surface area is 125 Å². The summed E-state index contributed by atoms with van der Waals surface area (Å²) < 4.78 is 5.44. The lowest BCUT2D eigenvalue weighted by Crippen LogP contribution is -2.22. The van der Waals surface area contributed by atoms with Crippen LogP contribution < -0.4 is 0 Å². The Kier molecular flexibility index (Phi) is 4.56. The lowest BCUT2D eigenvalue weighted by Gasteiger charge is -2.18. The molecule has 0 saturated heterocycles. The fourth-order valence-electron chi connectivity index (χ4n) is 2.00. The molecule has 6 heteroatoms. The molecule has 0 aliphatic heterocycles. The van der Waals surface area contributed by atoms with E-state index < -0.39 is 29.0 Å². The molecule has 0 aromatic heterocycles. The Hall–Kier alpha value is -3.11. The molecular formula is C16H12O6. The van der Waals surface area contributed by atoms with Crippen molar-refractivity contribution >= 4 is 17.9 Å². The van der Waals surface area contributed by atoms with E-state index in [1.807, 2.05) is 30.3 Å². The van der Waals surface area contributed by atoms with Crippen molar-refractivity contribution in [3.05, 3.63) is 65.0 Å². The van der Waals surface area contributed by atoms with Crippen LogP contribution in [-0.2, 0) is 25.7 Å². The summed E-state index contributed by atoms with van der Waals surface area (Å²) in [5, 5.41) is 18.2. The van der Waals surface area contributed by atoms with E-state index >= 15 is 0 Å². The molecule has 0 fully saturated rings. The van der Waals surface area contributed by atoms with E-state index in [1.165, 1.54) is 12.0 Å². The molecule has 1 aromatic carbocycles. The minimum Gasteiger partial charge on any atom is -0.489 e. The van der Waals surface area contributed by atoms with Gasteiger partial charge in [0, 0.05) is 0 Å². The second-order valence-electron chi connectivity index (χ2n) is 4.54. The van der Waals surface area contributed by atoms with Crippen molar-refractivity contribution in [1.29, 1.82) is 0 Å². The maximum absolute atomic E-state index is 11.2. The van der Waals surface area contributed by atoms with E-state index in [0.29, 0.717) is 0 Å². The molecular weight excluding hydrogens is 288 g/mol. The first-order chi connectivity index (χ1) is 10.5. The van der Waals surface area contributed by atoms with Crippen LogP contribution in [0.4, 0.5) is 0 Å². The molecule has 112 valence electrons. The van der Waals surface area contributed by atoms with Crippen LogP contribution in [0, 0.1) is 5.92 Å². The second kappa shape index (κ2) is 6.56. The molecule has 0 heterocycles. The number of rotatable bonds is 5. The number of aliphatic carboxylic acids is 2. The molecule has 1 aliphatic carbocycles. The Balaban J connectivity index is 2.28. The van der Waals surface area contributed by atoms with Gasteiger partial charge in [-0.25, -0.2) is 9.59 Å². The lowest BCUT2D eigenvalue weighted by atomic mass is 9.88. The van der Waals surface area contributed by atoms with Gasteiger partial charge < -0.3 is 14.9 Å². The van der Waals surface area contributed by atoms with E-state index in [9.17, 15) is 14.4 Å². The number of carbonyl (C=O) groups is 2. The molecule has 1 aliphatic rings. The van der Waals surface area contributed by atoms with Crippen LogP contribution in [0.25, 0.3) is 0 Å². The summed E-state index contributed by atoms with van der Waals surface area (Å²) in [6.07, 6.45) is 2.32. The SMILES string of the molecule is O=C=C1C(C(=O)O)=CC(OCc2ccccc2)=CC1C(=O)O. The summed E-state index contributed by atoms with van der Waals surface area (Å²) in [5.41, 5.74) is -0.00250. The van der Waals surface area contributed by atoms with E-state index in [0.717, 1.165) is 11.6 Å². The third-order valence-corrected chi connectivity index (χ3v) is 3.07. The van der Waals surface area contributed by atoms with Crippen molar-refractivity contribution in [2.24, 2.45) is 5.92 Å².